The van der Waals surface area contributed by atoms with Crippen molar-refractivity contribution in [2.45, 2.75) is 42.5 Å². The van der Waals surface area contributed by atoms with E-state index in [0.29, 0.717) is 5.82 Å². The molecule has 4 rings (SSSR count). The van der Waals surface area contributed by atoms with Crippen LogP contribution in [0.5, 0.6) is 0 Å². The number of fused-ring (bicyclic) bond motifs is 1. The van der Waals surface area contributed by atoms with Gasteiger partial charge in [-0.15, -0.1) is 16.9 Å². The number of hydrogen-bond acceptors (Lipinski definition) is 7. The van der Waals surface area contributed by atoms with E-state index >= 15 is 0 Å². The first kappa shape index (κ1) is 19.4. The number of amides is 2. The molecule has 3 heterocycles. The van der Waals surface area contributed by atoms with Crippen molar-refractivity contribution < 1.29 is 19.5 Å². The van der Waals surface area contributed by atoms with E-state index in [0.717, 1.165) is 5.56 Å². The highest BCUT2D eigenvalue weighted by atomic mass is 32.2. The van der Waals surface area contributed by atoms with Crippen molar-refractivity contribution in [1.29, 1.82) is 0 Å². The summed E-state index contributed by atoms with van der Waals surface area (Å²) in [5.74, 6) is -2.95. The molecule has 0 saturated carbocycles. The van der Waals surface area contributed by atoms with Crippen LogP contribution in [0.2, 0.25) is 0 Å². The lowest BCUT2D eigenvalue weighted by Gasteiger charge is -2.44. The van der Waals surface area contributed by atoms with E-state index < -0.39 is 23.8 Å². The Bertz CT molecular complexity index is 935. The average molecular weight is 416 g/mol. The number of aliphatic carboxylic acids is 1. The van der Waals surface area contributed by atoms with Gasteiger partial charge in [0, 0.05) is 4.75 Å². The normalized spacial score (nSPS) is 25.8. The molecular weight excluding hydrogens is 396 g/mol. The third kappa shape index (κ3) is 3.35. The highest BCUT2D eigenvalue weighted by Gasteiger charge is 2.63. The predicted octanol–water partition coefficient (Wildman–Crippen LogP) is 0.363. The molecule has 0 aliphatic carbocycles. The summed E-state index contributed by atoms with van der Waals surface area (Å²) < 4.78 is -0.378. The molecule has 0 bridgehead atoms. The van der Waals surface area contributed by atoms with E-state index in [1.54, 1.807) is 29.2 Å². The highest BCUT2D eigenvalue weighted by Crippen LogP contribution is 2.56. The first-order valence-electron chi connectivity index (χ1n) is 9.10. The van der Waals surface area contributed by atoms with Gasteiger partial charge >= 0.3 is 5.97 Å². The van der Waals surface area contributed by atoms with Crippen LogP contribution in [0.4, 0.5) is 0 Å². The largest absolute Gasteiger partial charge is 0.481 e. The molecule has 3 N–H and O–H groups in total. The maximum atomic E-state index is 12.8. The summed E-state index contributed by atoms with van der Waals surface area (Å²) in [6.07, 6.45) is 0.0578. The molecule has 10 nitrogen and oxygen atoms in total. The highest BCUT2D eigenvalue weighted by molar-refractivity contribution is 8.01. The minimum Gasteiger partial charge on any atom is -0.481 e. The first-order chi connectivity index (χ1) is 13.8. The smallest absolute Gasteiger partial charge is 0.316 e. The Morgan fingerprint density at radius 3 is 2.69 bits per heavy atom. The molecule has 29 heavy (non-hydrogen) atoms. The zero-order valence-electron chi connectivity index (χ0n) is 15.8. The summed E-state index contributed by atoms with van der Waals surface area (Å²) >= 11 is 1.53. The summed E-state index contributed by atoms with van der Waals surface area (Å²) in [5, 5.41) is 25.7. The molecule has 2 fully saturated rings. The maximum Gasteiger partial charge on any atom is 0.316 e. The number of nitrogens with one attached hydrogen (secondary N) is 2. The number of carbonyl (C=O) groups is 3. The lowest BCUT2D eigenvalue weighted by Crippen LogP contribution is -2.68. The zero-order valence-corrected chi connectivity index (χ0v) is 16.6. The van der Waals surface area contributed by atoms with E-state index in [2.05, 4.69) is 25.9 Å². The van der Waals surface area contributed by atoms with Crippen molar-refractivity contribution in [1.82, 2.24) is 30.8 Å². The predicted molar refractivity (Wildman–Crippen MR) is 102 cm³/mol. The molecule has 2 saturated heterocycles. The lowest BCUT2D eigenvalue weighted by atomic mass is 9.94. The fourth-order valence-corrected chi connectivity index (χ4v) is 5.50. The van der Waals surface area contributed by atoms with E-state index in [1.165, 1.54) is 11.8 Å². The number of hydrogen-bond donors (Lipinski definition) is 3. The Labute approximate surface area is 170 Å². The number of aromatic nitrogens is 4. The van der Waals surface area contributed by atoms with Crippen LogP contribution >= 0.6 is 11.8 Å². The van der Waals surface area contributed by atoms with Crippen molar-refractivity contribution in [3.05, 3.63) is 41.7 Å². The van der Waals surface area contributed by atoms with E-state index in [4.69, 9.17) is 0 Å². The Balaban J connectivity index is 1.48. The topological polar surface area (TPSA) is 141 Å². The number of rotatable bonds is 6. The average Bonchev–Trinajstić information content (AvgIpc) is 3.28. The number of aromatic amines is 1. The summed E-state index contributed by atoms with van der Waals surface area (Å²) in [7, 11) is 0. The molecule has 4 atom stereocenters. The van der Waals surface area contributed by atoms with Gasteiger partial charge in [-0.05, 0) is 36.3 Å². The molecule has 2 aliphatic heterocycles. The second-order valence-corrected chi connectivity index (χ2v) is 9.38. The number of β-lactam (4-membered cyclic amide) rings is 1. The van der Waals surface area contributed by atoms with Crippen LogP contribution in [0, 0.1) is 5.92 Å². The Morgan fingerprint density at radius 1 is 1.34 bits per heavy atom. The van der Waals surface area contributed by atoms with Gasteiger partial charge in [-0.2, -0.15) is 0 Å². The van der Waals surface area contributed by atoms with Crippen molar-refractivity contribution >= 4 is 29.5 Å². The number of carboxylic acid groups (broad SMARTS) is 1. The van der Waals surface area contributed by atoms with Crippen LogP contribution in [0.3, 0.4) is 0 Å². The number of nitrogens with zero attached hydrogens (tertiary/aromatic N) is 4. The molecule has 3 unspecified atom stereocenters. The molecule has 0 radical (unpaired) electrons. The van der Waals surface area contributed by atoms with Crippen molar-refractivity contribution in [3.63, 3.8) is 0 Å². The van der Waals surface area contributed by atoms with Gasteiger partial charge in [-0.3, -0.25) is 14.4 Å². The van der Waals surface area contributed by atoms with Gasteiger partial charge in [-0.25, -0.2) is 5.10 Å². The van der Waals surface area contributed by atoms with E-state index in [9.17, 15) is 19.5 Å². The zero-order chi connectivity index (χ0) is 20.8. The van der Waals surface area contributed by atoms with Crippen LogP contribution < -0.4 is 5.32 Å². The van der Waals surface area contributed by atoms with E-state index in [1.807, 2.05) is 19.9 Å². The number of benzene rings is 1. The lowest BCUT2D eigenvalue weighted by molar-refractivity contribution is -0.155. The molecule has 2 aromatic rings. The second kappa shape index (κ2) is 7.14. The van der Waals surface area contributed by atoms with Gasteiger partial charge in [0.25, 0.3) is 0 Å². The molecule has 1 aromatic carbocycles. The minimum atomic E-state index is -1.27. The van der Waals surface area contributed by atoms with Crippen molar-refractivity contribution in [2.75, 3.05) is 0 Å². The number of H-pyrrole nitrogens is 1. The van der Waals surface area contributed by atoms with Crippen LogP contribution in [0.25, 0.3) is 0 Å². The summed E-state index contributed by atoms with van der Waals surface area (Å²) in [6, 6.07) is 7.80. The third-order valence-corrected chi connectivity index (χ3v) is 6.83. The quantitative estimate of drug-likeness (QED) is 0.453. The third-order valence-electron chi connectivity index (χ3n) is 5.26. The van der Waals surface area contributed by atoms with Gasteiger partial charge in [-0.1, -0.05) is 30.3 Å². The Hall–Kier alpha value is -2.95. The van der Waals surface area contributed by atoms with Crippen molar-refractivity contribution in [3.8, 4) is 0 Å². The van der Waals surface area contributed by atoms with Crippen LogP contribution in [0.15, 0.2) is 30.3 Å². The fourth-order valence-electron chi connectivity index (χ4n) is 3.87. The monoisotopic (exact) mass is 416 g/mol. The number of carboxylic acids is 1. The maximum absolute atomic E-state index is 12.8. The fraction of sp³-hybridized carbons (Fsp3) is 0.444. The molecule has 152 valence electrons. The number of thioether (sulfide) groups is 1. The van der Waals surface area contributed by atoms with Gasteiger partial charge < -0.3 is 15.3 Å². The van der Waals surface area contributed by atoms with Gasteiger partial charge in [0.15, 0.2) is 5.82 Å². The van der Waals surface area contributed by atoms with Crippen molar-refractivity contribution in [2.24, 2.45) is 5.92 Å². The molecule has 0 spiro atoms. The molecular formula is C18H20N6O4S. The summed E-state index contributed by atoms with van der Waals surface area (Å²) in [4.78, 5) is 38.8. The Morgan fingerprint density at radius 2 is 2.07 bits per heavy atom. The van der Waals surface area contributed by atoms with Gasteiger partial charge in [0.05, 0.1) is 0 Å². The van der Waals surface area contributed by atoms with Gasteiger partial charge in [0.1, 0.15) is 23.4 Å². The van der Waals surface area contributed by atoms with Crippen LogP contribution in [0.1, 0.15) is 31.3 Å². The van der Waals surface area contributed by atoms with E-state index in [-0.39, 0.29) is 28.5 Å². The standard InChI is InChI=1S/C18H20N6O4S/c1-18(2)12(13-20-22-23-21-13)24-15(26)11(16(24)29-18)19-14(25)10(17(27)28)8-9-6-4-3-5-7-9/h3-7,10-12,16H,8H2,1-2H3,(H,19,25)(H,27,28)(H,20,21,22,23)/t10?,11?,12?,16-/m0/s1. The van der Waals surface area contributed by atoms with Gasteiger partial charge in [0.2, 0.25) is 11.8 Å². The molecule has 2 amide bonds. The molecule has 1 aromatic heterocycles. The Kier molecular flexibility index (Phi) is 4.77. The van der Waals surface area contributed by atoms with Crippen LogP contribution in [-0.2, 0) is 20.8 Å². The summed E-state index contributed by atoms with van der Waals surface area (Å²) in [6.45, 7) is 3.95. The second-order valence-electron chi connectivity index (χ2n) is 7.61. The SMILES string of the molecule is CC1(C)S[C@H]2C(NC(=O)C(Cc3ccccc3)C(=O)O)C(=O)N2C1c1nnn[nH]1. The molecule has 11 heteroatoms. The number of carbonyl (C=O) groups excluding carboxylic acids is 2. The first-order valence-corrected chi connectivity index (χ1v) is 9.98. The minimum absolute atomic E-state index is 0.0578. The number of tetrazole rings is 1. The molecule has 2 aliphatic rings. The summed E-state index contributed by atoms with van der Waals surface area (Å²) in [5.41, 5.74) is 0.742. The van der Waals surface area contributed by atoms with Crippen LogP contribution in [-0.4, -0.2) is 64.6 Å².